The third kappa shape index (κ3) is 3.93. The van der Waals surface area contributed by atoms with E-state index in [4.69, 9.17) is 11.2 Å². The van der Waals surface area contributed by atoms with Gasteiger partial charge in [-0.25, -0.2) is 4.79 Å². The molecule has 1 N–H and O–H groups in total. The minimum atomic E-state index is -0.420. The van der Waals surface area contributed by atoms with Crippen LogP contribution >= 0.6 is 0 Å². The number of benzene rings is 2. The molecule has 1 saturated heterocycles. The highest BCUT2D eigenvalue weighted by Crippen LogP contribution is 2.19. The first kappa shape index (κ1) is 17.3. The summed E-state index contributed by atoms with van der Waals surface area (Å²) in [5.74, 6) is 2.70. The molecule has 0 unspecified atom stereocenters. The number of aryl methyl sites for hydroxylation is 1. The molecule has 0 aromatic heterocycles. The molecular formula is C21H18N2O3. The van der Waals surface area contributed by atoms with Crippen LogP contribution in [-0.4, -0.2) is 23.4 Å². The van der Waals surface area contributed by atoms with Crippen LogP contribution in [0.3, 0.4) is 0 Å². The quantitative estimate of drug-likeness (QED) is 0.514. The zero-order valence-corrected chi connectivity index (χ0v) is 14.4. The lowest BCUT2D eigenvalue weighted by Gasteiger charge is -2.12. The fraction of sp³-hybridized carbons (Fsp3) is 0.143. The molecule has 0 aliphatic carbocycles. The number of hydrogen-bond donors (Lipinski definition) is 1. The van der Waals surface area contributed by atoms with Crippen molar-refractivity contribution in [3.8, 4) is 18.1 Å². The molecule has 1 aliphatic heterocycles. The molecule has 1 aliphatic rings. The fourth-order valence-electron chi connectivity index (χ4n) is 2.66. The summed E-state index contributed by atoms with van der Waals surface area (Å²) in [5.41, 5.74) is 3.02. The highest BCUT2D eigenvalue weighted by atomic mass is 16.5. The van der Waals surface area contributed by atoms with Crippen LogP contribution in [0.5, 0.6) is 5.75 Å². The minimum absolute atomic E-state index is 0.197. The van der Waals surface area contributed by atoms with Crippen molar-refractivity contribution in [3.05, 3.63) is 70.9 Å². The lowest BCUT2D eigenvalue weighted by Crippen LogP contribution is -2.30. The number of imide groups is 1. The van der Waals surface area contributed by atoms with Crippen molar-refractivity contribution in [1.29, 1.82) is 0 Å². The summed E-state index contributed by atoms with van der Waals surface area (Å²) in [5, 5.41) is 2.63. The Morgan fingerprint density at radius 2 is 1.96 bits per heavy atom. The van der Waals surface area contributed by atoms with Gasteiger partial charge in [-0.1, -0.05) is 47.9 Å². The SMILES string of the molecule is C#CCOc1ccc(C=C2NC(=O)N(Cc3cccc(C)c3)C2=O)cc1. The Hall–Kier alpha value is -3.52. The summed E-state index contributed by atoms with van der Waals surface area (Å²) in [6.07, 6.45) is 6.79. The van der Waals surface area contributed by atoms with E-state index in [-0.39, 0.29) is 24.8 Å². The summed E-state index contributed by atoms with van der Waals surface area (Å²) in [6, 6.07) is 14.4. The van der Waals surface area contributed by atoms with E-state index in [2.05, 4.69) is 11.2 Å². The third-order valence-corrected chi connectivity index (χ3v) is 3.90. The topological polar surface area (TPSA) is 58.6 Å². The molecule has 5 heteroatoms. The van der Waals surface area contributed by atoms with Crippen molar-refractivity contribution in [3.63, 3.8) is 0 Å². The number of terminal acetylenes is 1. The second kappa shape index (κ2) is 7.58. The van der Waals surface area contributed by atoms with E-state index in [0.29, 0.717) is 5.75 Å². The second-order valence-electron chi connectivity index (χ2n) is 5.93. The van der Waals surface area contributed by atoms with Gasteiger partial charge in [0.2, 0.25) is 0 Å². The van der Waals surface area contributed by atoms with E-state index in [1.54, 1.807) is 30.3 Å². The van der Waals surface area contributed by atoms with Gasteiger partial charge in [-0.05, 0) is 36.3 Å². The Kier molecular flexibility index (Phi) is 5.04. The average molecular weight is 346 g/mol. The summed E-state index contributed by atoms with van der Waals surface area (Å²) >= 11 is 0. The van der Waals surface area contributed by atoms with Gasteiger partial charge in [0.15, 0.2) is 0 Å². The van der Waals surface area contributed by atoms with Gasteiger partial charge >= 0.3 is 6.03 Å². The van der Waals surface area contributed by atoms with Crippen molar-refractivity contribution >= 4 is 18.0 Å². The number of nitrogens with one attached hydrogen (secondary N) is 1. The molecule has 2 aromatic carbocycles. The average Bonchev–Trinajstić information content (AvgIpc) is 2.89. The van der Waals surface area contributed by atoms with Gasteiger partial charge in [0.25, 0.3) is 5.91 Å². The second-order valence-corrected chi connectivity index (χ2v) is 5.93. The van der Waals surface area contributed by atoms with E-state index in [1.165, 1.54) is 4.90 Å². The van der Waals surface area contributed by atoms with Crippen LogP contribution in [0, 0.1) is 19.3 Å². The number of nitrogens with zero attached hydrogens (tertiary/aromatic N) is 1. The molecule has 3 amide bonds. The number of carbonyl (C=O) groups excluding carboxylic acids is 2. The standard InChI is InChI=1S/C21H18N2O3/c1-3-11-26-18-9-7-16(8-10-18)13-19-20(24)23(21(25)22-19)14-17-6-4-5-15(2)12-17/h1,4-10,12-13H,11,14H2,2H3,(H,22,25). The summed E-state index contributed by atoms with van der Waals surface area (Å²) in [7, 11) is 0. The van der Waals surface area contributed by atoms with Gasteiger partial charge in [-0.15, -0.1) is 6.42 Å². The highest BCUT2D eigenvalue weighted by Gasteiger charge is 2.33. The maximum absolute atomic E-state index is 12.5. The zero-order valence-electron chi connectivity index (χ0n) is 14.4. The summed E-state index contributed by atoms with van der Waals surface area (Å²) in [6.45, 7) is 2.41. The molecule has 5 nitrogen and oxygen atoms in total. The Balaban J connectivity index is 1.73. The number of urea groups is 1. The largest absolute Gasteiger partial charge is 0.481 e. The van der Waals surface area contributed by atoms with Crippen LogP contribution in [0.4, 0.5) is 4.79 Å². The van der Waals surface area contributed by atoms with Crippen LogP contribution in [-0.2, 0) is 11.3 Å². The predicted octanol–water partition coefficient (Wildman–Crippen LogP) is 3.10. The Morgan fingerprint density at radius 1 is 1.19 bits per heavy atom. The molecule has 0 atom stereocenters. The molecule has 0 saturated carbocycles. The summed E-state index contributed by atoms with van der Waals surface area (Å²) < 4.78 is 5.31. The predicted molar refractivity (Wildman–Crippen MR) is 99.0 cm³/mol. The molecule has 0 bridgehead atoms. The molecule has 0 spiro atoms. The molecule has 0 radical (unpaired) electrons. The molecular weight excluding hydrogens is 328 g/mol. The normalized spacial score (nSPS) is 15.1. The number of rotatable bonds is 5. The molecule has 1 fully saturated rings. The van der Waals surface area contributed by atoms with Crippen molar-refractivity contribution in [2.75, 3.05) is 6.61 Å². The van der Waals surface area contributed by atoms with Crippen LogP contribution in [0.2, 0.25) is 0 Å². The van der Waals surface area contributed by atoms with Crippen LogP contribution in [0.15, 0.2) is 54.2 Å². The van der Waals surface area contributed by atoms with Gasteiger partial charge < -0.3 is 10.1 Å². The van der Waals surface area contributed by atoms with E-state index in [1.807, 2.05) is 31.2 Å². The first-order valence-corrected chi connectivity index (χ1v) is 8.13. The maximum atomic E-state index is 12.5. The fourth-order valence-corrected chi connectivity index (χ4v) is 2.66. The van der Waals surface area contributed by atoms with Crippen LogP contribution in [0.1, 0.15) is 16.7 Å². The maximum Gasteiger partial charge on any atom is 0.329 e. The van der Waals surface area contributed by atoms with Gasteiger partial charge in [0.05, 0.1) is 6.54 Å². The number of ether oxygens (including phenoxy) is 1. The van der Waals surface area contributed by atoms with E-state index < -0.39 is 6.03 Å². The molecule has 130 valence electrons. The first-order chi connectivity index (χ1) is 12.6. The van der Waals surface area contributed by atoms with E-state index in [0.717, 1.165) is 16.7 Å². The Bertz CT molecular complexity index is 908. The minimum Gasteiger partial charge on any atom is -0.481 e. The highest BCUT2D eigenvalue weighted by molar-refractivity contribution is 6.13. The Labute approximate surface area is 152 Å². The number of hydrogen-bond acceptors (Lipinski definition) is 3. The third-order valence-electron chi connectivity index (χ3n) is 3.90. The smallest absolute Gasteiger partial charge is 0.329 e. The molecule has 2 aromatic rings. The molecule has 26 heavy (non-hydrogen) atoms. The summed E-state index contributed by atoms with van der Waals surface area (Å²) in [4.78, 5) is 25.9. The molecule has 3 rings (SSSR count). The van der Waals surface area contributed by atoms with Crippen LogP contribution < -0.4 is 10.1 Å². The number of carbonyl (C=O) groups is 2. The lowest BCUT2D eigenvalue weighted by molar-refractivity contribution is -0.123. The van der Waals surface area contributed by atoms with Gasteiger partial charge in [0.1, 0.15) is 18.1 Å². The van der Waals surface area contributed by atoms with Crippen LogP contribution in [0.25, 0.3) is 6.08 Å². The first-order valence-electron chi connectivity index (χ1n) is 8.13. The van der Waals surface area contributed by atoms with Gasteiger partial charge in [-0.2, -0.15) is 0 Å². The zero-order chi connectivity index (χ0) is 18.5. The van der Waals surface area contributed by atoms with Crippen molar-refractivity contribution in [2.24, 2.45) is 0 Å². The molecule has 1 heterocycles. The van der Waals surface area contributed by atoms with Crippen molar-refractivity contribution < 1.29 is 14.3 Å². The Morgan fingerprint density at radius 3 is 2.65 bits per heavy atom. The van der Waals surface area contributed by atoms with Crippen molar-refractivity contribution in [1.82, 2.24) is 10.2 Å². The van der Waals surface area contributed by atoms with E-state index >= 15 is 0 Å². The van der Waals surface area contributed by atoms with Gasteiger partial charge in [-0.3, -0.25) is 9.69 Å². The lowest BCUT2D eigenvalue weighted by atomic mass is 10.1. The number of amides is 3. The monoisotopic (exact) mass is 346 g/mol. The van der Waals surface area contributed by atoms with Gasteiger partial charge in [0, 0.05) is 0 Å². The van der Waals surface area contributed by atoms with E-state index in [9.17, 15) is 9.59 Å². The van der Waals surface area contributed by atoms with Crippen molar-refractivity contribution in [2.45, 2.75) is 13.5 Å².